The van der Waals surface area contributed by atoms with E-state index in [1.807, 2.05) is 36.4 Å². The predicted octanol–water partition coefficient (Wildman–Crippen LogP) is 5.41. The molecule has 0 aliphatic carbocycles. The first-order valence-electron chi connectivity index (χ1n) is 12.7. The van der Waals surface area contributed by atoms with E-state index in [2.05, 4.69) is 17.0 Å². The maximum Gasteiger partial charge on any atom is 0.146 e. The summed E-state index contributed by atoms with van der Waals surface area (Å²) in [6.07, 6.45) is 3.36. The summed E-state index contributed by atoms with van der Waals surface area (Å²) >= 11 is 0. The number of aromatic hydroxyl groups is 1. The summed E-state index contributed by atoms with van der Waals surface area (Å²) in [5.41, 5.74) is 3.34. The van der Waals surface area contributed by atoms with E-state index in [-0.39, 0.29) is 34.9 Å². The Morgan fingerprint density at radius 3 is 2.50 bits per heavy atom. The quantitative estimate of drug-likeness (QED) is 0.499. The van der Waals surface area contributed by atoms with Gasteiger partial charge in [-0.1, -0.05) is 42.5 Å². The maximum absolute atomic E-state index is 15.7. The van der Waals surface area contributed by atoms with Gasteiger partial charge in [-0.2, -0.15) is 0 Å². The Balaban J connectivity index is 1.29. The van der Waals surface area contributed by atoms with Gasteiger partial charge in [-0.3, -0.25) is 0 Å². The molecule has 6 heteroatoms. The number of phenols is 1. The van der Waals surface area contributed by atoms with Crippen LogP contribution in [-0.2, 0) is 9.53 Å². The van der Waals surface area contributed by atoms with Crippen molar-refractivity contribution in [3.8, 4) is 11.5 Å². The minimum Gasteiger partial charge on any atom is -0.508 e. The fourth-order valence-electron chi connectivity index (χ4n) is 6.24. The third-order valence-electron chi connectivity index (χ3n) is 8.16. The first-order valence-corrected chi connectivity index (χ1v) is 12.7. The first-order chi connectivity index (χ1) is 17.5. The van der Waals surface area contributed by atoms with Crippen LogP contribution in [0, 0.1) is 11.7 Å². The minimum absolute atomic E-state index is 0.0191. The molecular formula is C30H30FNO4. The number of benzene rings is 3. The average Bonchev–Trinajstić information content (AvgIpc) is 3.31. The van der Waals surface area contributed by atoms with E-state index in [0.29, 0.717) is 37.7 Å². The van der Waals surface area contributed by atoms with Crippen LogP contribution in [0.15, 0.2) is 66.7 Å². The molecule has 0 bridgehead atoms. The van der Waals surface area contributed by atoms with Crippen LogP contribution in [0.25, 0.3) is 0 Å². The summed E-state index contributed by atoms with van der Waals surface area (Å²) in [6, 6.07) is 20.9. The molecule has 1 N–H and O–H groups in total. The highest BCUT2D eigenvalue weighted by atomic mass is 19.1. The Morgan fingerprint density at radius 2 is 1.78 bits per heavy atom. The molecule has 186 valence electrons. The van der Waals surface area contributed by atoms with Crippen molar-refractivity contribution >= 4 is 12.0 Å². The summed E-state index contributed by atoms with van der Waals surface area (Å²) in [5, 5.41) is 9.99. The molecule has 3 aliphatic heterocycles. The van der Waals surface area contributed by atoms with Crippen LogP contribution in [0.5, 0.6) is 11.5 Å². The van der Waals surface area contributed by atoms with Crippen LogP contribution >= 0.6 is 0 Å². The molecule has 3 atom stereocenters. The second-order valence-electron chi connectivity index (χ2n) is 10.3. The number of phenolic OH excluding ortho intramolecular Hbond substituents is 1. The highest BCUT2D eigenvalue weighted by Crippen LogP contribution is 2.47. The summed E-state index contributed by atoms with van der Waals surface area (Å²) < 4.78 is 27.7. The fraction of sp³-hybridized carbons (Fsp3) is 0.367. The Labute approximate surface area is 210 Å². The third kappa shape index (κ3) is 4.13. The molecule has 6 rings (SSSR count). The van der Waals surface area contributed by atoms with E-state index in [1.165, 1.54) is 0 Å². The van der Waals surface area contributed by atoms with Crippen LogP contribution in [0.2, 0.25) is 0 Å². The predicted molar refractivity (Wildman–Crippen MR) is 135 cm³/mol. The number of halogens is 1. The molecule has 0 amide bonds. The van der Waals surface area contributed by atoms with Crippen LogP contribution in [-0.4, -0.2) is 43.3 Å². The van der Waals surface area contributed by atoms with Crippen LogP contribution in [0.4, 0.5) is 10.1 Å². The zero-order chi connectivity index (χ0) is 24.7. The van der Waals surface area contributed by atoms with Crippen molar-refractivity contribution in [3.63, 3.8) is 0 Å². The van der Waals surface area contributed by atoms with Gasteiger partial charge in [-0.25, -0.2) is 4.39 Å². The van der Waals surface area contributed by atoms with Gasteiger partial charge in [0, 0.05) is 42.5 Å². The number of carbonyl (C=O) groups is 1. The lowest BCUT2D eigenvalue weighted by molar-refractivity contribution is -0.111. The minimum atomic E-state index is -0.237. The standard InChI is InChI=1S/C30H30FNO4/c31-26-14-22(6-9-27(26)32-12-10-30(11-13-32)16-20(17-33)18-36-30)29-24-8-7-23(34)15-28(24)35-19-25(29)21-4-2-1-3-5-21/h1-9,14-15,17,20,25,29,34H,10-13,16,18-19H2/t20-,25-,29-/m1/s1. The molecule has 3 aromatic rings. The zero-order valence-corrected chi connectivity index (χ0v) is 20.1. The zero-order valence-electron chi connectivity index (χ0n) is 20.1. The molecule has 0 unspecified atom stereocenters. The molecule has 36 heavy (non-hydrogen) atoms. The average molecular weight is 488 g/mol. The van der Waals surface area contributed by atoms with Crippen molar-refractivity contribution in [2.45, 2.75) is 36.7 Å². The maximum atomic E-state index is 15.7. The first kappa shape index (κ1) is 23.0. The number of hydrogen-bond acceptors (Lipinski definition) is 5. The smallest absolute Gasteiger partial charge is 0.146 e. The number of ether oxygens (including phenoxy) is 2. The molecule has 0 radical (unpaired) electrons. The van der Waals surface area contributed by atoms with Crippen LogP contribution in [0.1, 0.15) is 47.8 Å². The monoisotopic (exact) mass is 487 g/mol. The Kier molecular flexibility index (Phi) is 5.92. The van der Waals surface area contributed by atoms with Gasteiger partial charge in [0.2, 0.25) is 0 Å². The van der Waals surface area contributed by atoms with E-state index in [9.17, 15) is 9.90 Å². The van der Waals surface area contributed by atoms with Gasteiger partial charge in [-0.15, -0.1) is 0 Å². The van der Waals surface area contributed by atoms with Crippen molar-refractivity contribution in [1.29, 1.82) is 0 Å². The molecule has 3 heterocycles. The van der Waals surface area contributed by atoms with Crippen molar-refractivity contribution in [3.05, 3.63) is 89.2 Å². The number of piperidine rings is 1. The highest BCUT2D eigenvalue weighted by Gasteiger charge is 2.43. The fourth-order valence-corrected chi connectivity index (χ4v) is 6.24. The van der Waals surface area contributed by atoms with Gasteiger partial charge in [0.1, 0.15) is 23.6 Å². The van der Waals surface area contributed by atoms with Gasteiger partial charge in [0.05, 0.1) is 24.5 Å². The van der Waals surface area contributed by atoms with Crippen molar-refractivity contribution < 1.29 is 23.8 Å². The highest BCUT2D eigenvalue weighted by molar-refractivity contribution is 5.56. The number of anilines is 1. The van der Waals surface area contributed by atoms with E-state index in [4.69, 9.17) is 9.47 Å². The Hall–Kier alpha value is -3.38. The van der Waals surface area contributed by atoms with Gasteiger partial charge in [-0.05, 0) is 48.6 Å². The van der Waals surface area contributed by atoms with E-state index in [0.717, 1.165) is 42.2 Å². The van der Waals surface area contributed by atoms with Crippen LogP contribution in [0.3, 0.4) is 0 Å². The molecule has 3 aliphatic rings. The van der Waals surface area contributed by atoms with E-state index >= 15 is 4.39 Å². The van der Waals surface area contributed by atoms with E-state index in [1.54, 1.807) is 18.2 Å². The summed E-state index contributed by atoms with van der Waals surface area (Å²) in [5.74, 6) is 0.462. The van der Waals surface area contributed by atoms with Crippen molar-refractivity contribution in [2.75, 3.05) is 31.2 Å². The molecule has 0 aromatic heterocycles. The number of rotatable bonds is 4. The number of carbonyl (C=O) groups excluding carboxylic acids is 1. The van der Waals surface area contributed by atoms with Crippen molar-refractivity contribution in [1.82, 2.24) is 0 Å². The lowest BCUT2D eigenvalue weighted by Gasteiger charge is -2.40. The van der Waals surface area contributed by atoms with Gasteiger partial charge >= 0.3 is 0 Å². The summed E-state index contributed by atoms with van der Waals surface area (Å²) in [7, 11) is 0. The molecule has 0 saturated carbocycles. The lowest BCUT2D eigenvalue weighted by atomic mass is 9.76. The van der Waals surface area contributed by atoms with Crippen LogP contribution < -0.4 is 9.64 Å². The van der Waals surface area contributed by atoms with Crippen molar-refractivity contribution in [2.24, 2.45) is 5.92 Å². The molecular weight excluding hydrogens is 457 g/mol. The van der Waals surface area contributed by atoms with Gasteiger partial charge < -0.3 is 24.3 Å². The van der Waals surface area contributed by atoms with E-state index < -0.39 is 0 Å². The summed E-state index contributed by atoms with van der Waals surface area (Å²) in [6.45, 7) is 2.35. The molecule has 2 saturated heterocycles. The second kappa shape index (κ2) is 9.25. The largest absolute Gasteiger partial charge is 0.508 e. The molecule has 5 nitrogen and oxygen atoms in total. The summed E-state index contributed by atoms with van der Waals surface area (Å²) in [4.78, 5) is 13.3. The Morgan fingerprint density at radius 1 is 0.972 bits per heavy atom. The molecule has 2 fully saturated rings. The number of nitrogens with zero attached hydrogens (tertiary/aromatic N) is 1. The number of hydrogen-bond donors (Lipinski definition) is 1. The topological polar surface area (TPSA) is 59.0 Å². The second-order valence-corrected chi connectivity index (χ2v) is 10.3. The molecule has 1 spiro atoms. The van der Waals surface area contributed by atoms with Gasteiger partial charge in [0.25, 0.3) is 0 Å². The lowest BCUT2D eigenvalue weighted by Crippen LogP contribution is -2.44. The SMILES string of the molecule is O=C[C@@H]1COC2(CCN(c3ccc([C@@H]4c5ccc(O)cc5OC[C@@H]4c4ccccc4)cc3F)CC2)C1. The Bertz CT molecular complexity index is 1260. The number of fused-ring (bicyclic) bond motifs is 1. The number of aldehydes is 1. The molecule has 3 aromatic carbocycles. The normalized spacial score (nSPS) is 24.8. The van der Waals surface area contributed by atoms with Gasteiger partial charge in [0.15, 0.2) is 0 Å². The third-order valence-corrected chi connectivity index (χ3v) is 8.16.